The molecule has 0 aliphatic rings. The highest BCUT2D eigenvalue weighted by Gasteiger charge is 1.98. The molecule has 0 heterocycles. The minimum absolute atomic E-state index is 0.0364. The van der Waals surface area contributed by atoms with Crippen molar-refractivity contribution < 1.29 is 19.8 Å². The Balaban J connectivity index is 2.99. The van der Waals surface area contributed by atoms with E-state index in [1.165, 1.54) is 0 Å². The van der Waals surface area contributed by atoms with Gasteiger partial charge in [0.2, 0.25) is 0 Å². The van der Waals surface area contributed by atoms with Gasteiger partial charge in [0.25, 0.3) is 0 Å². The zero-order valence-electron chi connectivity index (χ0n) is 8.87. The zero-order valence-corrected chi connectivity index (χ0v) is 9.87. The highest BCUT2D eigenvalue weighted by atomic mass is 31.1. The van der Waals surface area contributed by atoms with Crippen LogP contribution in [0.5, 0.6) is 0 Å². The van der Waals surface area contributed by atoms with E-state index in [2.05, 4.69) is 0 Å². The van der Waals surface area contributed by atoms with Crippen molar-refractivity contribution in [2.45, 2.75) is 44.9 Å². The topological polar surface area (TPSA) is 74.6 Å². The van der Waals surface area contributed by atoms with Crippen molar-refractivity contribution >= 4 is 20.3 Å². The van der Waals surface area contributed by atoms with Crippen LogP contribution in [0.25, 0.3) is 0 Å². The van der Waals surface area contributed by atoms with Gasteiger partial charge in [0, 0.05) is 6.42 Å². The summed E-state index contributed by atoms with van der Waals surface area (Å²) in [4.78, 5) is 20.4. The maximum absolute atomic E-state index is 10.2. The molecule has 15 heavy (non-hydrogen) atoms. The van der Waals surface area contributed by atoms with Crippen molar-refractivity contribution in [2.24, 2.45) is 0 Å². The van der Waals surface area contributed by atoms with Gasteiger partial charge >= 0.3 is 11.7 Å². The molecule has 0 aromatic rings. The van der Waals surface area contributed by atoms with Crippen LogP contribution in [0, 0.1) is 0 Å². The van der Waals surface area contributed by atoms with Gasteiger partial charge in [-0.1, -0.05) is 25.7 Å². The SMILES string of the molecule is O=C(O)CCCCCCCCPC(=O)O. The van der Waals surface area contributed by atoms with Crippen molar-refractivity contribution in [3.05, 3.63) is 0 Å². The fourth-order valence-electron chi connectivity index (χ4n) is 1.30. The van der Waals surface area contributed by atoms with Crippen LogP contribution in [0.15, 0.2) is 0 Å². The number of hydrogen-bond acceptors (Lipinski definition) is 2. The highest BCUT2D eigenvalue weighted by molar-refractivity contribution is 7.57. The number of carboxylic acid groups (broad SMARTS) is 2. The van der Waals surface area contributed by atoms with Crippen LogP contribution in [-0.2, 0) is 4.79 Å². The first kappa shape index (κ1) is 14.4. The van der Waals surface area contributed by atoms with Gasteiger partial charge in [-0.2, -0.15) is 0 Å². The number of carbonyl (C=O) groups is 2. The smallest absolute Gasteiger partial charge is 0.320 e. The quantitative estimate of drug-likeness (QED) is 0.449. The van der Waals surface area contributed by atoms with E-state index >= 15 is 0 Å². The van der Waals surface area contributed by atoms with Crippen molar-refractivity contribution in [2.75, 3.05) is 6.16 Å². The van der Waals surface area contributed by atoms with Crippen LogP contribution in [0.2, 0.25) is 0 Å². The number of carboxylic acids is 1. The number of aliphatic carboxylic acids is 1. The first-order valence-corrected chi connectivity index (χ1v) is 6.52. The van der Waals surface area contributed by atoms with Crippen LogP contribution < -0.4 is 0 Å². The van der Waals surface area contributed by atoms with Crippen LogP contribution in [0.3, 0.4) is 0 Å². The van der Waals surface area contributed by atoms with Gasteiger partial charge in [-0.25, -0.2) is 4.79 Å². The molecule has 0 fully saturated rings. The first-order chi connectivity index (χ1) is 7.13. The van der Waals surface area contributed by atoms with Crippen molar-refractivity contribution in [1.29, 1.82) is 0 Å². The van der Waals surface area contributed by atoms with Gasteiger partial charge in [-0.3, -0.25) is 4.79 Å². The molecule has 1 unspecified atom stereocenters. The molecule has 0 amide bonds. The fraction of sp³-hybridized carbons (Fsp3) is 0.800. The van der Waals surface area contributed by atoms with Crippen molar-refractivity contribution in [3.63, 3.8) is 0 Å². The molecule has 0 aliphatic heterocycles. The van der Waals surface area contributed by atoms with E-state index in [0.717, 1.165) is 44.7 Å². The molecule has 0 bridgehead atoms. The van der Waals surface area contributed by atoms with E-state index in [-0.39, 0.29) is 15.0 Å². The molecule has 2 N–H and O–H groups in total. The molecule has 0 aliphatic carbocycles. The molecule has 0 spiro atoms. The number of hydrogen-bond donors (Lipinski definition) is 2. The van der Waals surface area contributed by atoms with Crippen LogP contribution in [-0.4, -0.2) is 28.1 Å². The molecule has 1 atom stereocenters. The van der Waals surface area contributed by atoms with E-state index in [1.807, 2.05) is 0 Å². The Hall–Kier alpha value is -0.630. The highest BCUT2D eigenvalue weighted by Crippen LogP contribution is 2.15. The Kier molecular flexibility index (Phi) is 9.49. The third-order valence-electron chi connectivity index (χ3n) is 2.09. The molecule has 0 aromatic heterocycles. The largest absolute Gasteiger partial charge is 0.481 e. The minimum atomic E-state index is -0.724. The summed E-state index contributed by atoms with van der Waals surface area (Å²) in [5, 5.41) is 16.8. The summed E-state index contributed by atoms with van der Waals surface area (Å²) < 4.78 is 0. The zero-order chi connectivity index (χ0) is 11.5. The Morgan fingerprint density at radius 3 is 1.93 bits per heavy atom. The predicted molar refractivity (Wildman–Crippen MR) is 61.2 cm³/mol. The van der Waals surface area contributed by atoms with E-state index in [9.17, 15) is 9.59 Å². The monoisotopic (exact) mass is 234 g/mol. The maximum Gasteiger partial charge on any atom is 0.320 e. The second-order valence-electron chi connectivity index (χ2n) is 3.50. The van der Waals surface area contributed by atoms with Crippen molar-refractivity contribution in [1.82, 2.24) is 0 Å². The summed E-state index contributed by atoms with van der Waals surface area (Å²) in [6.45, 7) is 0. The fourth-order valence-corrected chi connectivity index (χ4v) is 1.94. The molecule has 0 aromatic carbocycles. The van der Waals surface area contributed by atoms with Crippen LogP contribution in [0.4, 0.5) is 4.79 Å². The molecule has 5 heteroatoms. The summed E-state index contributed by atoms with van der Waals surface area (Å²) in [6, 6.07) is 0. The summed E-state index contributed by atoms with van der Waals surface area (Å²) in [5.41, 5.74) is -0.698. The molecule has 4 nitrogen and oxygen atoms in total. The van der Waals surface area contributed by atoms with E-state index in [4.69, 9.17) is 10.2 Å². The van der Waals surface area contributed by atoms with Gasteiger partial charge in [-0.15, -0.1) is 0 Å². The van der Waals surface area contributed by atoms with Gasteiger partial charge in [0.05, 0.1) is 0 Å². The third-order valence-corrected chi connectivity index (χ3v) is 3.00. The van der Waals surface area contributed by atoms with E-state index < -0.39 is 11.7 Å². The standard InChI is InChI=1S/C10H19O4P/c11-9(12)7-5-3-1-2-4-6-8-15-10(13)14/h15H,1-8H2,(H,11,12)(H,13,14). The summed E-state index contributed by atoms with van der Waals surface area (Å²) in [5.74, 6) is -0.724. The summed E-state index contributed by atoms with van der Waals surface area (Å²) >= 11 is 0. The predicted octanol–water partition coefficient (Wildman–Crippen LogP) is 3.16. The lowest BCUT2D eigenvalue weighted by Gasteiger charge is -1.99. The number of unbranched alkanes of at least 4 members (excludes halogenated alkanes) is 5. The Labute approximate surface area is 91.9 Å². The van der Waals surface area contributed by atoms with Crippen LogP contribution in [0.1, 0.15) is 44.9 Å². The maximum atomic E-state index is 10.2. The van der Waals surface area contributed by atoms with Crippen molar-refractivity contribution in [3.8, 4) is 0 Å². The second-order valence-corrected chi connectivity index (χ2v) is 4.78. The summed E-state index contributed by atoms with van der Waals surface area (Å²) in [7, 11) is 0.0364. The van der Waals surface area contributed by atoms with Crippen LogP contribution >= 0.6 is 8.58 Å². The average molecular weight is 234 g/mol. The Morgan fingerprint density at radius 2 is 1.40 bits per heavy atom. The minimum Gasteiger partial charge on any atom is -0.481 e. The lowest BCUT2D eigenvalue weighted by Crippen LogP contribution is -1.93. The van der Waals surface area contributed by atoms with Gasteiger partial charge in [-0.05, 0) is 27.6 Å². The molecular weight excluding hydrogens is 215 g/mol. The third kappa shape index (κ3) is 13.4. The molecule has 0 saturated carbocycles. The van der Waals surface area contributed by atoms with Gasteiger partial charge in [0.1, 0.15) is 0 Å². The average Bonchev–Trinajstić information content (AvgIpc) is 2.14. The lowest BCUT2D eigenvalue weighted by atomic mass is 10.1. The van der Waals surface area contributed by atoms with E-state index in [0.29, 0.717) is 0 Å². The van der Waals surface area contributed by atoms with Gasteiger partial charge < -0.3 is 10.2 Å². The number of rotatable bonds is 10. The second kappa shape index (κ2) is 9.91. The lowest BCUT2D eigenvalue weighted by molar-refractivity contribution is -0.137. The first-order valence-electron chi connectivity index (χ1n) is 5.31. The van der Waals surface area contributed by atoms with Gasteiger partial charge in [0.15, 0.2) is 0 Å². The molecule has 0 saturated heterocycles. The molecular formula is C10H19O4P. The summed E-state index contributed by atoms with van der Waals surface area (Å²) in [6.07, 6.45) is 6.95. The molecule has 0 rings (SSSR count). The molecule has 88 valence electrons. The molecule has 0 radical (unpaired) electrons. The normalized spacial score (nSPS) is 10.9. The Morgan fingerprint density at radius 1 is 0.867 bits per heavy atom. The van der Waals surface area contributed by atoms with E-state index in [1.54, 1.807) is 0 Å². The Bertz CT molecular complexity index is 174.